The van der Waals surface area contributed by atoms with Crippen LogP contribution in [0.25, 0.3) is 0 Å². The lowest BCUT2D eigenvalue weighted by Gasteiger charge is -2.30. The van der Waals surface area contributed by atoms with Crippen LogP contribution in [-0.2, 0) is 0 Å². The van der Waals surface area contributed by atoms with Crippen LogP contribution in [0.15, 0.2) is 18.2 Å². The maximum Gasteiger partial charge on any atom is 0.253 e. The second-order valence-corrected chi connectivity index (χ2v) is 5.99. The normalized spacial score (nSPS) is 15.5. The average molecular weight is 320 g/mol. The minimum Gasteiger partial charge on any atom is -0.490 e. The van der Waals surface area contributed by atoms with Crippen molar-refractivity contribution in [3.63, 3.8) is 0 Å². The first-order chi connectivity index (χ1) is 11.2. The molecule has 1 aromatic rings. The van der Waals surface area contributed by atoms with Gasteiger partial charge in [-0.1, -0.05) is 13.8 Å². The van der Waals surface area contributed by atoms with Crippen molar-refractivity contribution in [3.05, 3.63) is 23.8 Å². The molecule has 0 bridgehead atoms. The molecule has 2 rings (SSSR count). The van der Waals surface area contributed by atoms with Gasteiger partial charge in [-0.05, 0) is 43.9 Å². The fourth-order valence-corrected chi connectivity index (χ4v) is 2.58. The number of hydrogen-bond donors (Lipinski definition) is 1. The Morgan fingerprint density at radius 2 is 1.74 bits per heavy atom. The van der Waals surface area contributed by atoms with Gasteiger partial charge in [0, 0.05) is 24.7 Å². The Morgan fingerprint density at radius 1 is 1.13 bits per heavy atom. The van der Waals surface area contributed by atoms with E-state index in [0.29, 0.717) is 30.3 Å². The molecule has 1 aromatic carbocycles. The molecule has 5 heteroatoms. The van der Waals surface area contributed by atoms with Gasteiger partial charge in [0.15, 0.2) is 11.5 Å². The molecule has 128 valence electrons. The topological polar surface area (TPSA) is 64.8 Å². The number of amides is 1. The molecule has 0 atom stereocenters. The Kier molecular flexibility index (Phi) is 6.71. The highest BCUT2D eigenvalue weighted by Crippen LogP contribution is 2.29. The Hall–Kier alpha value is -1.75. The molecular weight excluding hydrogens is 292 g/mol. The molecule has 0 saturated carbocycles. The van der Waals surface area contributed by atoms with Crippen molar-refractivity contribution in [1.29, 1.82) is 0 Å². The highest BCUT2D eigenvalue weighted by Gasteiger charge is 2.22. The van der Waals surface area contributed by atoms with Crippen molar-refractivity contribution in [2.24, 2.45) is 5.73 Å². The van der Waals surface area contributed by atoms with Gasteiger partial charge in [-0.25, -0.2) is 0 Å². The number of piperidine rings is 1. The van der Waals surface area contributed by atoms with Gasteiger partial charge in [0.25, 0.3) is 5.91 Å². The zero-order chi connectivity index (χ0) is 16.7. The SMILES string of the molecule is CCCOc1ccc(C(=O)N2CCC(N)CC2)cc1OCCC. The van der Waals surface area contributed by atoms with Gasteiger partial charge >= 0.3 is 0 Å². The Labute approximate surface area is 138 Å². The number of benzene rings is 1. The molecule has 1 aliphatic rings. The molecule has 1 fully saturated rings. The zero-order valence-electron chi connectivity index (χ0n) is 14.2. The standard InChI is InChI=1S/C18H28N2O3/c1-3-11-22-16-6-5-14(13-17(16)23-12-4-2)18(21)20-9-7-15(19)8-10-20/h5-6,13,15H,3-4,7-12,19H2,1-2H3. The summed E-state index contributed by atoms with van der Waals surface area (Å²) in [5.41, 5.74) is 6.56. The van der Waals surface area contributed by atoms with Crippen LogP contribution in [-0.4, -0.2) is 43.2 Å². The lowest BCUT2D eigenvalue weighted by molar-refractivity contribution is 0.0714. The van der Waals surface area contributed by atoms with Gasteiger partial charge in [-0.3, -0.25) is 4.79 Å². The monoisotopic (exact) mass is 320 g/mol. The number of ether oxygens (including phenoxy) is 2. The van der Waals surface area contributed by atoms with Crippen LogP contribution in [0.5, 0.6) is 11.5 Å². The third-order valence-corrected chi connectivity index (χ3v) is 3.94. The number of carbonyl (C=O) groups excluding carboxylic acids is 1. The zero-order valence-corrected chi connectivity index (χ0v) is 14.2. The van der Waals surface area contributed by atoms with E-state index in [2.05, 4.69) is 13.8 Å². The van der Waals surface area contributed by atoms with Gasteiger partial charge in [0.1, 0.15) is 0 Å². The smallest absolute Gasteiger partial charge is 0.253 e. The van der Waals surface area contributed by atoms with E-state index in [0.717, 1.165) is 38.8 Å². The largest absolute Gasteiger partial charge is 0.490 e. The fourth-order valence-electron chi connectivity index (χ4n) is 2.58. The third-order valence-electron chi connectivity index (χ3n) is 3.94. The fraction of sp³-hybridized carbons (Fsp3) is 0.611. The van der Waals surface area contributed by atoms with Crippen molar-refractivity contribution in [1.82, 2.24) is 4.90 Å². The van der Waals surface area contributed by atoms with E-state index in [1.807, 2.05) is 17.0 Å². The molecule has 1 amide bonds. The molecule has 1 saturated heterocycles. The van der Waals surface area contributed by atoms with E-state index in [4.69, 9.17) is 15.2 Å². The van der Waals surface area contributed by atoms with Crippen LogP contribution in [0.3, 0.4) is 0 Å². The first-order valence-corrected chi connectivity index (χ1v) is 8.60. The maximum atomic E-state index is 12.6. The summed E-state index contributed by atoms with van der Waals surface area (Å²) in [5.74, 6) is 1.40. The number of nitrogens with zero attached hydrogens (tertiary/aromatic N) is 1. The van der Waals surface area contributed by atoms with Gasteiger partial charge in [-0.15, -0.1) is 0 Å². The molecule has 0 unspecified atom stereocenters. The summed E-state index contributed by atoms with van der Waals surface area (Å²) in [7, 11) is 0. The van der Waals surface area contributed by atoms with Crippen LogP contribution < -0.4 is 15.2 Å². The van der Waals surface area contributed by atoms with E-state index in [1.165, 1.54) is 0 Å². The second kappa shape index (κ2) is 8.77. The first kappa shape index (κ1) is 17.6. The molecule has 0 radical (unpaired) electrons. The van der Waals surface area contributed by atoms with Crippen LogP contribution in [0.2, 0.25) is 0 Å². The lowest BCUT2D eigenvalue weighted by atomic mass is 10.0. The van der Waals surface area contributed by atoms with Crippen molar-refractivity contribution >= 4 is 5.91 Å². The highest BCUT2D eigenvalue weighted by molar-refractivity contribution is 5.95. The maximum absolute atomic E-state index is 12.6. The van der Waals surface area contributed by atoms with Crippen molar-refractivity contribution in [3.8, 4) is 11.5 Å². The van der Waals surface area contributed by atoms with E-state index >= 15 is 0 Å². The summed E-state index contributed by atoms with van der Waals surface area (Å²) in [6.45, 7) is 6.81. The average Bonchev–Trinajstić information content (AvgIpc) is 2.58. The molecule has 2 N–H and O–H groups in total. The molecule has 1 aliphatic heterocycles. The summed E-state index contributed by atoms with van der Waals surface area (Å²) in [4.78, 5) is 14.5. The van der Waals surface area contributed by atoms with Gasteiger partial charge in [0.2, 0.25) is 0 Å². The minimum atomic E-state index is 0.0419. The summed E-state index contributed by atoms with van der Waals surface area (Å²) < 4.78 is 11.5. The molecule has 0 aromatic heterocycles. The Balaban J connectivity index is 2.13. The third kappa shape index (κ3) is 4.86. The molecule has 5 nitrogen and oxygen atoms in total. The number of rotatable bonds is 7. The van der Waals surface area contributed by atoms with Crippen molar-refractivity contribution < 1.29 is 14.3 Å². The van der Waals surface area contributed by atoms with Crippen molar-refractivity contribution in [2.75, 3.05) is 26.3 Å². The Morgan fingerprint density at radius 3 is 2.35 bits per heavy atom. The Bertz CT molecular complexity index is 511. The summed E-state index contributed by atoms with van der Waals surface area (Å²) in [5, 5.41) is 0. The number of hydrogen-bond acceptors (Lipinski definition) is 4. The minimum absolute atomic E-state index is 0.0419. The molecular formula is C18H28N2O3. The van der Waals surface area contributed by atoms with Gasteiger partial charge in [0.05, 0.1) is 13.2 Å². The van der Waals surface area contributed by atoms with E-state index in [9.17, 15) is 4.79 Å². The van der Waals surface area contributed by atoms with Crippen LogP contribution >= 0.6 is 0 Å². The second-order valence-electron chi connectivity index (χ2n) is 5.99. The number of nitrogens with two attached hydrogens (primary N) is 1. The molecule has 0 spiro atoms. The molecule has 23 heavy (non-hydrogen) atoms. The number of carbonyl (C=O) groups is 1. The van der Waals surface area contributed by atoms with Crippen LogP contribution in [0.1, 0.15) is 49.9 Å². The van der Waals surface area contributed by atoms with E-state index in [-0.39, 0.29) is 11.9 Å². The van der Waals surface area contributed by atoms with E-state index < -0.39 is 0 Å². The quantitative estimate of drug-likeness (QED) is 0.839. The van der Waals surface area contributed by atoms with Crippen LogP contribution in [0.4, 0.5) is 0 Å². The predicted molar refractivity (Wildman–Crippen MR) is 91.1 cm³/mol. The first-order valence-electron chi connectivity index (χ1n) is 8.60. The van der Waals surface area contributed by atoms with Gasteiger partial charge in [-0.2, -0.15) is 0 Å². The summed E-state index contributed by atoms with van der Waals surface area (Å²) in [6, 6.07) is 5.68. The number of likely N-dealkylation sites (tertiary alicyclic amines) is 1. The van der Waals surface area contributed by atoms with Gasteiger partial charge < -0.3 is 20.1 Å². The molecule has 0 aliphatic carbocycles. The molecule has 1 heterocycles. The van der Waals surface area contributed by atoms with Crippen LogP contribution in [0, 0.1) is 0 Å². The summed E-state index contributed by atoms with van der Waals surface area (Å²) >= 11 is 0. The van der Waals surface area contributed by atoms with E-state index in [1.54, 1.807) is 6.07 Å². The highest BCUT2D eigenvalue weighted by atomic mass is 16.5. The summed E-state index contributed by atoms with van der Waals surface area (Å²) in [6.07, 6.45) is 3.57. The van der Waals surface area contributed by atoms with Crippen molar-refractivity contribution in [2.45, 2.75) is 45.6 Å². The lowest BCUT2D eigenvalue weighted by Crippen LogP contribution is -2.42. The predicted octanol–water partition coefficient (Wildman–Crippen LogP) is 2.83.